The van der Waals surface area contributed by atoms with Crippen LogP contribution >= 0.6 is 0 Å². The monoisotopic (exact) mass is 216 g/mol. The fourth-order valence-corrected chi connectivity index (χ4v) is 1.75. The minimum atomic E-state index is -0.454. The molecule has 4 nitrogen and oxygen atoms in total. The molecule has 90 valence electrons. The molecule has 4 heteroatoms. The topological polar surface area (TPSA) is 58.7 Å². The predicted octanol–water partition coefficient (Wildman–Crippen LogP) is 0.197. The van der Waals surface area contributed by atoms with Crippen LogP contribution in [0.25, 0.3) is 0 Å². The van der Waals surface area contributed by atoms with Crippen LogP contribution in [0.3, 0.4) is 0 Å². The van der Waals surface area contributed by atoms with Crippen LogP contribution in [0.5, 0.6) is 0 Å². The highest BCUT2D eigenvalue weighted by Gasteiger charge is 2.20. The van der Waals surface area contributed by atoms with E-state index in [0.29, 0.717) is 6.10 Å². The van der Waals surface area contributed by atoms with Crippen molar-refractivity contribution in [2.24, 2.45) is 5.73 Å². The lowest BCUT2D eigenvalue weighted by atomic mass is 10.0. The third-order valence-electron chi connectivity index (χ3n) is 2.97. The molecule has 1 rings (SSSR count). The van der Waals surface area contributed by atoms with E-state index in [1.165, 1.54) is 12.8 Å². The minimum absolute atomic E-state index is 0.0424. The number of hydrogen-bond acceptors (Lipinski definition) is 4. The molecule has 0 radical (unpaired) electrons. The summed E-state index contributed by atoms with van der Waals surface area (Å²) in [6, 6.07) is 0. The fourth-order valence-electron chi connectivity index (χ4n) is 1.75. The molecule has 0 aromatic rings. The molecule has 0 aliphatic carbocycles. The summed E-state index contributed by atoms with van der Waals surface area (Å²) in [7, 11) is 2.08. The second kappa shape index (κ2) is 5.80. The van der Waals surface area contributed by atoms with Crippen molar-refractivity contribution in [3.8, 4) is 0 Å². The van der Waals surface area contributed by atoms with Gasteiger partial charge in [-0.25, -0.2) is 0 Å². The third-order valence-corrected chi connectivity index (χ3v) is 2.97. The summed E-state index contributed by atoms with van der Waals surface area (Å²) in [6.45, 7) is 4.71. The van der Waals surface area contributed by atoms with Crippen molar-refractivity contribution < 1.29 is 9.84 Å². The van der Waals surface area contributed by atoms with Gasteiger partial charge in [0.05, 0.1) is 12.7 Å². The van der Waals surface area contributed by atoms with Gasteiger partial charge < -0.3 is 20.5 Å². The molecule has 1 aliphatic heterocycles. The maximum atomic E-state index is 9.02. The molecule has 1 fully saturated rings. The molecule has 2 atom stereocenters. The van der Waals surface area contributed by atoms with Gasteiger partial charge in [0.1, 0.15) is 0 Å². The van der Waals surface area contributed by atoms with E-state index in [-0.39, 0.29) is 6.61 Å². The number of nitrogens with zero attached hydrogens (tertiary/aromatic N) is 1. The van der Waals surface area contributed by atoms with E-state index in [2.05, 4.69) is 11.9 Å². The molecule has 0 amide bonds. The molecule has 0 spiro atoms. The number of aliphatic hydroxyl groups excluding tert-OH is 1. The summed E-state index contributed by atoms with van der Waals surface area (Å²) in [4.78, 5) is 2.23. The lowest BCUT2D eigenvalue weighted by Gasteiger charge is -2.26. The van der Waals surface area contributed by atoms with Crippen LogP contribution in [0.1, 0.15) is 26.2 Å². The van der Waals surface area contributed by atoms with Crippen LogP contribution in [0.15, 0.2) is 0 Å². The number of likely N-dealkylation sites (N-methyl/N-ethyl adjacent to an activating group) is 1. The maximum Gasteiger partial charge on any atom is 0.0702 e. The molecule has 2 unspecified atom stereocenters. The van der Waals surface area contributed by atoms with Gasteiger partial charge in [0, 0.05) is 18.7 Å². The average molecular weight is 216 g/mol. The summed E-state index contributed by atoms with van der Waals surface area (Å²) >= 11 is 0. The highest BCUT2D eigenvalue weighted by atomic mass is 16.5. The normalized spacial score (nSPS) is 25.8. The van der Waals surface area contributed by atoms with E-state index in [9.17, 15) is 0 Å². The zero-order valence-electron chi connectivity index (χ0n) is 9.91. The van der Waals surface area contributed by atoms with Crippen molar-refractivity contribution in [2.45, 2.75) is 37.8 Å². The SMILES string of the molecule is CN(CCC(C)(N)CO)CC1CCCO1. The molecular weight excluding hydrogens is 192 g/mol. The van der Waals surface area contributed by atoms with E-state index in [1.54, 1.807) is 0 Å². The van der Waals surface area contributed by atoms with E-state index in [1.807, 2.05) is 6.92 Å². The molecule has 3 N–H and O–H groups in total. The van der Waals surface area contributed by atoms with Crippen LogP contribution in [0.4, 0.5) is 0 Å². The Kier molecular flexibility index (Phi) is 4.99. The van der Waals surface area contributed by atoms with E-state index >= 15 is 0 Å². The quantitative estimate of drug-likeness (QED) is 0.666. The Balaban J connectivity index is 2.15. The second-order valence-electron chi connectivity index (χ2n) is 4.96. The van der Waals surface area contributed by atoms with Gasteiger partial charge >= 0.3 is 0 Å². The van der Waals surface area contributed by atoms with Gasteiger partial charge in [0.2, 0.25) is 0 Å². The lowest BCUT2D eigenvalue weighted by molar-refractivity contribution is 0.0774. The van der Waals surface area contributed by atoms with Crippen molar-refractivity contribution in [1.82, 2.24) is 4.90 Å². The summed E-state index contributed by atoms with van der Waals surface area (Å²) in [5.74, 6) is 0. The molecular formula is C11H24N2O2. The molecule has 1 saturated heterocycles. The average Bonchev–Trinajstić information content (AvgIpc) is 2.68. The lowest BCUT2D eigenvalue weighted by Crippen LogP contribution is -2.43. The molecule has 0 aromatic heterocycles. The highest BCUT2D eigenvalue weighted by Crippen LogP contribution is 2.13. The zero-order valence-corrected chi connectivity index (χ0v) is 9.91. The molecule has 0 bridgehead atoms. The number of ether oxygens (including phenoxy) is 1. The first-order valence-corrected chi connectivity index (χ1v) is 5.73. The van der Waals surface area contributed by atoms with Crippen molar-refractivity contribution in [3.63, 3.8) is 0 Å². The van der Waals surface area contributed by atoms with Crippen LogP contribution in [-0.2, 0) is 4.74 Å². The summed E-state index contributed by atoms with van der Waals surface area (Å²) in [5, 5.41) is 9.02. The van der Waals surface area contributed by atoms with Gasteiger partial charge in [-0.15, -0.1) is 0 Å². The van der Waals surface area contributed by atoms with Crippen LogP contribution in [-0.4, -0.2) is 55.0 Å². The first kappa shape index (κ1) is 12.9. The zero-order chi connectivity index (χ0) is 11.3. The van der Waals surface area contributed by atoms with Crippen molar-refractivity contribution in [2.75, 3.05) is 33.4 Å². The minimum Gasteiger partial charge on any atom is -0.394 e. The van der Waals surface area contributed by atoms with Gasteiger partial charge in [0.15, 0.2) is 0 Å². The molecule has 15 heavy (non-hydrogen) atoms. The van der Waals surface area contributed by atoms with Crippen LogP contribution in [0.2, 0.25) is 0 Å². The summed E-state index contributed by atoms with van der Waals surface area (Å²) < 4.78 is 5.56. The number of rotatable bonds is 6. The summed E-state index contributed by atoms with van der Waals surface area (Å²) in [5.41, 5.74) is 5.41. The molecule has 1 aliphatic rings. The first-order chi connectivity index (χ1) is 7.03. The highest BCUT2D eigenvalue weighted by molar-refractivity contribution is 4.79. The van der Waals surface area contributed by atoms with E-state index in [4.69, 9.17) is 15.6 Å². The van der Waals surface area contributed by atoms with Crippen LogP contribution < -0.4 is 5.73 Å². The van der Waals surface area contributed by atoms with E-state index in [0.717, 1.165) is 26.1 Å². The van der Waals surface area contributed by atoms with Crippen molar-refractivity contribution >= 4 is 0 Å². The van der Waals surface area contributed by atoms with Crippen LogP contribution in [0, 0.1) is 0 Å². The Hall–Kier alpha value is -0.160. The standard InChI is InChI=1S/C11H24N2O2/c1-11(12,9-14)5-6-13(2)8-10-4-3-7-15-10/h10,14H,3-9,12H2,1-2H3. The third kappa shape index (κ3) is 4.93. The van der Waals surface area contributed by atoms with Gasteiger partial charge in [-0.3, -0.25) is 0 Å². The molecule has 0 aromatic carbocycles. The second-order valence-corrected chi connectivity index (χ2v) is 4.96. The number of nitrogens with two attached hydrogens (primary N) is 1. The Bertz CT molecular complexity index is 179. The number of aliphatic hydroxyl groups is 1. The summed E-state index contributed by atoms with van der Waals surface area (Å²) in [6.07, 6.45) is 3.56. The van der Waals surface area contributed by atoms with Crippen molar-refractivity contribution in [1.29, 1.82) is 0 Å². The Morgan fingerprint density at radius 1 is 1.60 bits per heavy atom. The molecule has 1 heterocycles. The molecule has 0 saturated carbocycles. The Morgan fingerprint density at radius 2 is 2.33 bits per heavy atom. The van der Waals surface area contributed by atoms with E-state index < -0.39 is 5.54 Å². The smallest absolute Gasteiger partial charge is 0.0702 e. The Morgan fingerprint density at radius 3 is 2.87 bits per heavy atom. The van der Waals surface area contributed by atoms with Gasteiger partial charge in [-0.2, -0.15) is 0 Å². The fraction of sp³-hybridized carbons (Fsp3) is 1.00. The predicted molar refractivity (Wildman–Crippen MR) is 60.8 cm³/mol. The van der Waals surface area contributed by atoms with Gasteiger partial charge in [0.25, 0.3) is 0 Å². The van der Waals surface area contributed by atoms with Crippen molar-refractivity contribution in [3.05, 3.63) is 0 Å². The largest absolute Gasteiger partial charge is 0.394 e. The Labute approximate surface area is 92.4 Å². The van der Waals surface area contributed by atoms with Gasteiger partial charge in [-0.1, -0.05) is 0 Å². The number of hydrogen-bond donors (Lipinski definition) is 2. The maximum absolute atomic E-state index is 9.02. The first-order valence-electron chi connectivity index (χ1n) is 5.73. The van der Waals surface area contributed by atoms with Gasteiger partial charge in [-0.05, 0) is 39.8 Å².